The number of halogens is 1. The highest BCUT2D eigenvalue weighted by atomic mass is 127. The van der Waals surface area contributed by atoms with Crippen molar-refractivity contribution in [2.24, 2.45) is 5.92 Å². The summed E-state index contributed by atoms with van der Waals surface area (Å²) in [5, 5.41) is 0. The van der Waals surface area contributed by atoms with E-state index in [0.717, 1.165) is 25.9 Å². The van der Waals surface area contributed by atoms with Crippen LogP contribution in [0.15, 0.2) is 0 Å². The van der Waals surface area contributed by atoms with Crippen LogP contribution in [0.5, 0.6) is 0 Å². The molecular weight excluding hydrogens is 281 g/mol. The van der Waals surface area contributed by atoms with Crippen LogP contribution in [0.2, 0.25) is 0 Å². The molecule has 0 saturated carbocycles. The number of likely N-dealkylation sites (tertiary alicyclic amines) is 1. The zero-order chi connectivity index (χ0) is 8.97. The Labute approximate surface area is 96.8 Å². The number of ether oxygens (including phenoxy) is 1. The molecule has 0 atom stereocenters. The highest BCUT2D eigenvalue weighted by Crippen LogP contribution is 2.16. The number of carbonyl (C=O) groups is 1. The predicted octanol–water partition coefficient (Wildman–Crippen LogP) is 1.51. The zero-order valence-corrected chi connectivity index (χ0v) is 10.6. The maximum Gasteiger partial charge on any atom is 0.309 e. The second-order valence-corrected chi connectivity index (χ2v) is 3.33. The predicted molar refractivity (Wildman–Crippen MR) is 62.3 cm³/mol. The molecule has 0 aliphatic carbocycles. The van der Waals surface area contributed by atoms with Crippen molar-refractivity contribution in [3.8, 4) is 0 Å². The van der Waals surface area contributed by atoms with Crippen LogP contribution < -0.4 is 0 Å². The fraction of sp³-hybridized carbons (Fsp3) is 0.889. The molecule has 78 valence electrons. The fourth-order valence-electron chi connectivity index (χ4n) is 1.50. The third-order valence-corrected chi connectivity index (χ3v) is 2.34. The lowest BCUT2D eigenvalue weighted by molar-refractivity contribution is -0.149. The third-order valence-electron chi connectivity index (χ3n) is 2.34. The molecule has 0 aromatic carbocycles. The molecule has 1 aliphatic rings. The van der Waals surface area contributed by atoms with Gasteiger partial charge in [0.2, 0.25) is 0 Å². The topological polar surface area (TPSA) is 29.5 Å². The van der Waals surface area contributed by atoms with Crippen LogP contribution in [-0.2, 0) is 9.53 Å². The quantitative estimate of drug-likeness (QED) is 0.572. The zero-order valence-electron chi connectivity index (χ0n) is 8.28. The molecule has 1 saturated heterocycles. The van der Waals surface area contributed by atoms with Gasteiger partial charge in [-0.1, -0.05) is 0 Å². The van der Waals surface area contributed by atoms with Crippen LogP contribution in [0.4, 0.5) is 0 Å². The van der Waals surface area contributed by atoms with E-state index in [1.165, 1.54) is 0 Å². The van der Waals surface area contributed by atoms with E-state index in [1.54, 1.807) is 0 Å². The van der Waals surface area contributed by atoms with Crippen molar-refractivity contribution < 1.29 is 9.53 Å². The number of hydrogen-bond donors (Lipinski definition) is 0. The largest absolute Gasteiger partial charge is 0.466 e. The molecule has 0 amide bonds. The first-order valence-electron chi connectivity index (χ1n) is 4.59. The standard InChI is InChI=1S/C9H17NO2.HI/c1-3-12-9(11)8-4-6-10(2)7-5-8;/h8H,3-7H2,1-2H3;1H. The van der Waals surface area contributed by atoms with Crippen molar-refractivity contribution in [2.75, 3.05) is 26.7 Å². The van der Waals surface area contributed by atoms with E-state index in [2.05, 4.69) is 11.9 Å². The summed E-state index contributed by atoms with van der Waals surface area (Å²) in [6.07, 6.45) is 1.91. The van der Waals surface area contributed by atoms with Crippen LogP contribution in [0.3, 0.4) is 0 Å². The highest BCUT2D eigenvalue weighted by Gasteiger charge is 2.23. The van der Waals surface area contributed by atoms with Gasteiger partial charge in [0.15, 0.2) is 0 Å². The van der Waals surface area contributed by atoms with Gasteiger partial charge in [-0.3, -0.25) is 4.79 Å². The number of esters is 1. The van der Waals surface area contributed by atoms with E-state index in [-0.39, 0.29) is 35.9 Å². The Hall–Kier alpha value is 0.160. The molecule has 1 rings (SSSR count). The van der Waals surface area contributed by atoms with Gasteiger partial charge < -0.3 is 9.64 Å². The van der Waals surface area contributed by atoms with Crippen LogP contribution >= 0.6 is 24.0 Å². The molecule has 1 aliphatic heterocycles. The minimum absolute atomic E-state index is 0. The summed E-state index contributed by atoms with van der Waals surface area (Å²) in [4.78, 5) is 13.5. The van der Waals surface area contributed by atoms with Crippen molar-refractivity contribution in [2.45, 2.75) is 19.8 Å². The van der Waals surface area contributed by atoms with Gasteiger partial charge in [-0.2, -0.15) is 0 Å². The van der Waals surface area contributed by atoms with Crippen LogP contribution in [0.1, 0.15) is 19.8 Å². The van der Waals surface area contributed by atoms with Crippen molar-refractivity contribution in [3.63, 3.8) is 0 Å². The number of nitrogens with zero attached hydrogens (tertiary/aromatic N) is 1. The Bertz CT molecular complexity index is 156. The molecule has 0 N–H and O–H groups in total. The Morgan fingerprint density at radius 1 is 1.46 bits per heavy atom. The minimum Gasteiger partial charge on any atom is -0.466 e. The van der Waals surface area contributed by atoms with Gasteiger partial charge in [0.1, 0.15) is 0 Å². The summed E-state index contributed by atoms with van der Waals surface area (Å²) >= 11 is 0. The van der Waals surface area contributed by atoms with E-state index in [4.69, 9.17) is 4.74 Å². The first-order valence-corrected chi connectivity index (χ1v) is 4.59. The molecule has 4 heteroatoms. The van der Waals surface area contributed by atoms with Gasteiger partial charge in [0.05, 0.1) is 12.5 Å². The van der Waals surface area contributed by atoms with E-state index in [1.807, 2.05) is 6.92 Å². The van der Waals surface area contributed by atoms with Gasteiger partial charge in [-0.05, 0) is 39.9 Å². The van der Waals surface area contributed by atoms with E-state index >= 15 is 0 Å². The number of carbonyl (C=O) groups excluding carboxylic acids is 1. The molecule has 0 bridgehead atoms. The second-order valence-electron chi connectivity index (χ2n) is 3.33. The number of piperidine rings is 1. The molecule has 0 spiro atoms. The first-order chi connectivity index (χ1) is 5.74. The van der Waals surface area contributed by atoms with Crippen molar-refractivity contribution in [1.82, 2.24) is 4.90 Å². The van der Waals surface area contributed by atoms with E-state index < -0.39 is 0 Å². The molecular formula is C9H18INO2. The SMILES string of the molecule is CCOC(=O)C1CCN(C)CC1.I. The summed E-state index contributed by atoms with van der Waals surface area (Å²) in [7, 11) is 2.08. The smallest absolute Gasteiger partial charge is 0.309 e. The molecule has 13 heavy (non-hydrogen) atoms. The van der Waals surface area contributed by atoms with Crippen LogP contribution in [0, 0.1) is 5.92 Å². The molecule has 0 unspecified atom stereocenters. The van der Waals surface area contributed by atoms with Gasteiger partial charge >= 0.3 is 5.97 Å². The van der Waals surface area contributed by atoms with Crippen molar-refractivity contribution in [3.05, 3.63) is 0 Å². The van der Waals surface area contributed by atoms with Crippen LogP contribution in [0.25, 0.3) is 0 Å². The third kappa shape index (κ3) is 4.26. The van der Waals surface area contributed by atoms with Gasteiger partial charge in [0, 0.05) is 0 Å². The van der Waals surface area contributed by atoms with E-state index in [9.17, 15) is 4.79 Å². The molecule has 0 aromatic heterocycles. The molecule has 0 radical (unpaired) electrons. The van der Waals surface area contributed by atoms with Crippen molar-refractivity contribution in [1.29, 1.82) is 0 Å². The normalized spacial score (nSPS) is 19.2. The average molecular weight is 299 g/mol. The minimum atomic E-state index is -0.00870. The average Bonchev–Trinajstić information content (AvgIpc) is 2.06. The maximum absolute atomic E-state index is 11.3. The highest BCUT2D eigenvalue weighted by molar-refractivity contribution is 14.0. The number of hydrogen-bond acceptors (Lipinski definition) is 3. The van der Waals surface area contributed by atoms with Gasteiger partial charge in [-0.15, -0.1) is 24.0 Å². The molecule has 3 nitrogen and oxygen atoms in total. The Morgan fingerprint density at radius 3 is 2.46 bits per heavy atom. The molecule has 0 aromatic rings. The van der Waals surface area contributed by atoms with Gasteiger partial charge in [-0.25, -0.2) is 0 Å². The lowest BCUT2D eigenvalue weighted by Gasteiger charge is -2.27. The number of rotatable bonds is 2. The lowest BCUT2D eigenvalue weighted by atomic mass is 9.97. The lowest BCUT2D eigenvalue weighted by Crippen LogP contribution is -2.34. The van der Waals surface area contributed by atoms with Crippen LogP contribution in [-0.4, -0.2) is 37.6 Å². The monoisotopic (exact) mass is 299 g/mol. The Balaban J connectivity index is 0.00000144. The molecule has 1 heterocycles. The Kier molecular flexibility index (Phi) is 6.67. The summed E-state index contributed by atoms with van der Waals surface area (Å²) in [5.74, 6) is 0.145. The maximum atomic E-state index is 11.3. The van der Waals surface area contributed by atoms with E-state index in [0.29, 0.717) is 6.61 Å². The second kappa shape index (κ2) is 6.59. The summed E-state index contributed by atoms with van der Waals surface area (Å²) in [5.41, 5.74) is 0. The fourth-order valence-corrected chi connectivity index (χ4v) is 1.50. The van der Waals surface area contributed by atoms with Gasteiger partial charge in [0.25, 0.3) is 0 Å². The first kappa shape index (κ1) is 13.2. The summed E-state index contributed by atoms with van der Waals surface area (Å²) < 4.78 is 4.96. The Morgan fingerprint density at radius 2 is 2.00 bits per heavy atom. The summed E-state index contributed by atoms with van der Waals surface area (Å²) in [6.45, 7) is 4.39. The van der Waals surface area contributed by atoms with Crippen molar-refractivity contribution >= 4 is 29.9 Å². The molecule has 1 fully saturated rings. The summed E-state index contributed by atoms with van der Waals surface area (Å²) in [6, 6.07) is 0.